The molecule has 0 bridgehead atoms. The van der Waals surface area contributed by atoms with Crippen LogP contribution >= 0.6 is 0 Å². The highest BCUT2D eigenvalue weighted by molar-refractivity contribution is 5.92. The molecule has 2 N–H and O–H groups in total. The van der Waals surface area contributed by atoms with Crippen LogP contribution in [0.3, 0.4) is 0 Å². The summed E-state index contributed by atoms with van der Waals surface area (Å²) in [7, 11) is 1.86. The standard InChI is InChI=1S/C14H17FN4O/c1-10-11(9-19(2)18-10)7-16-8-14(20)17-13-5-3-12(15)4-6-13/h3-6,9,16H,7-8H2,1-2H3,(H,17,20). The van der Waals surface area contributed by atoms with Crippen LogP contribution in [0.25, 0.3) is 0 Å². The fourth-order valence-corrected chi connectivity index (χ4v) is 1.87. The predicted octanol–water partition coefficient (Wildman–Crippen LogP) is 1.60. The van der Waals surface area contributed by atoms with Crippen molar-refractivity contribution < 1.29 is 9.18 Å². The fourth-order valence-electron chi connectivity index (χ4n) is 1.87. The maximum Gasteiger partial charge on any atom is 0.238 e. The topological polar surface area (TPSA) is 59.0 Å². The zero-order chi connectivity index (χ0) is 14.5. The number of hydrogen-bond donors (Lipinski definition) is 2. The molecule has 1 aromatic carbocycles. The molecule has 2 rings (SSSR count). The summed E-state index contributed by atoms with van der Waals surface area (Å²) in [5.41, 5.74) is 2.58. The van der Waals surface area contributed by atoms with Crippen molar-refractivity contribution in [3.05, 3.63) is 47.5 Å². The Hall–Kier alpha value is -2.21. The average molecular weight is 276 g/mol. The zero-order valence-corrected chi connectivity index (χ0v) is 11.5. The maximum atomic E-state index is 12.7. The number of rotatable bonds is 5. The molecule has 0 spiro atoms. The number of aryl methyl sites for hydroxylation is 2. The number of hydrogen-bond acceptors (Lipinski definition) is 3. The molecule has 2 aromatic rings. The second kappa shape index (κ2) is 6.29. The average Bonchev–Trinajstić information content (AvgIpc) is 2.71. The summed E-state index contributed by atoms with van der Waals surface area (Å²) in [5, 5.41) is 9.96. The van der Waals surface area contributed by atoms with E-state index in [1.165, 1.54) is 24.3 Å². The lowest BCUT2D eigenvalue weighted by Crippen LogP contribution is -2.27. The fraction of sp³-hybridized carbons (Fsp3) is 0.286. The minimum atomic E-state index is -0.326. The molecule has 106 valence electrons. The van der Waals surface area contributed by atoms with Crippen molar-refractivity contribution in [2.45, 2.75) is 13.5 Å². The highest BCUT2D eigenvalue weighted by atomic mass is 19.1. The summed E-state index contributed by atoms with van der Waals surface area (Å²) in [4.78, 5) is 11.7. The Kier molecular flexibility index (Phi) is 4.47. The van der Waals surface area contributed by atoms with E-state index in [2.05, 4.69) is 15.7 Å². The number of nitrogens with one attached hydrogen (secondary N) is 2. The molecule has 0 saturated heterocycles. The van der Waals surface area contributed by atoms with Crippen LogP contribution in [0.15, 0.2) is 30.5 Å². The first kappa shape index (κ1) is 14.2. The summed E-state index contributed by atoms with van der Waals surface area (Å²) in [5.74, 6) is -0.494. The van der Waals surface area contributed by atoms with E-state index >= 15 is 0 Å². The van der Waals surface area contributed by atoms with Crippen molar-refractivity contribution in [2.24, 2.45) is 7.05 Å². The van der Waals surface area contributed by atoms with Gasteiger partial charge in [-0.3, -0.25) is 9.48 Å². The van der Waals surface area contributed by atoms with Crippen molar-refractivity contribution in [3.8, 4) is 0 Å². The lowest BCUT2D eigenvalue weighted by Gasteiger charge is -2.06. The van der Waals surface area contributed by atoms with Gasteiger partial charge in [-0.05, 0) is 31.2 Å². The third-order valence-corrected chi connectivity index (χ3v) is 2.84. The normalized spacial score (nSPS) is 10.6. The Morgan fingerprint density at radius 3 is 2.65 bits per heavy atom. The summed E-state index contributed by atoms with van der Waals surface area (Å²) in [6.07, 6.45) is 1.92. The van der Waals surface area contributed by atoms with E-state index in [1.807, 2.05) is 20.2 Å². The number of halogens is 1. The third-order valence-electron chi connectivity index (χ3n) is 2.84. The van der Waals surface area contributed by atoms with Gasteiger partial charge in [0.2, 0.25) is 5.91 Å². The van der Waals surface area contributed by atoms with Crippen LogP contribution in [0.1, 0.15) is 11.3 Å². The molecule has 20 heavy (non-hydrogen) atoms. The van der Waals surface area contributed by atoms with E-state index in [-0.39, 0.29) is 18.3 Å². The van der Waals surface area contributed by atoms with Gasteiger partial charge in [-0.2, -0.15) is 5.10 Å². The van der Waals surface area contributed by atoms with E-state index in [0.717, 1.165) is 11.3 Å². The number of benzene rings is 1. The molecule has 6 heteroatoms. The molecule has 5 nitrogen and oxygen atoms in total. The van der Waals surface area contributed by atoms with Gasteiger partial charge >= 0.3 is 0 Å². The van der Waals surface area contributed by atoms with Crippen LogP contribution in [-0.4, -0.2) is 22.2 Å². The van der Waals surface area contributed by atoms with Crippen molar-refractivity contribution in [3.63, 3.8) is 0 Å². The molecular formula is C14H17FN4O. The van der Waals surface area contributed by atoms with Gasteiger partial charge in [0, 0.05) is 31.0 Å². The molecule has 0 atom stereocenters. The second-order valence-electron chi connectivity index (χ2n) is 4.57. The van der Waals surface area contributed by atoms with Crippen LogP contribution in [-0.2, 0) is 18.4 Å². The maximum absolute atomic E-state index is 12.7. The van der Waals surface area contributed by atoms with Gasteiger partial charge in [0.15, 0.2) is 0 Å². The lowest BCUT2D eigenvalue weighted by molar-refractivity contribution is -0.115. The molecule has 0 aliphatic rings. The SMILES string of the molecule is Cc1nn(C)cc1CNCC(=O)Nc1ccc(F)cc1. The summed E-state index contributed by atoms with van der Waals surface area (Å²) in [6.45, 7) is 2.69. The third kappa shape index (κ3) is 3.89. The Labute approximate surface area is 116 Å². The van der Waals surface area contributed by atoms with Gasteiger partial charge in [0.05, 0.1) is 12.2 Å². The highest BCUT2D eigenvalue weighted by Gasteiger charge is 2.05. The monoisotopic (exact) mass is 276 g/mol. The smallest absolute Gasteiger partial charge is 0.238 e. The molecule has 0 saturated carbocycles. The predicted molar refractivity (Wildman–Crippen MR) is 74.7 cm³/mol. The number of carbonyl (C=O) groups excluding carboxylic acids is 1. The highest BCUT2D eigenvalue weighted by Crippen LogP contribution is 2.08. The van der Waals surface area contributed by atoms with Crippen molar-refractivity contribution in [1.82, 2.24) is 15.1 Å². The molecule has 1 amide bonds. The van der Waals surface area contributed by atoms with Crippen LogP contribution in [0, 0.1) is 12.7 Å². The molecule has 0 radical (unpaired) electrons. The zero-order valence-electron chi connectivity index (χ0n) is 11.5. The van der Waals surface area contributed by atoms with Crippen molar-refractivity contribution in [1.29, 1.82) is 0 Å². The summed E-state index contributed by atoms with van der Waals surface area (Å²) < 4.78 is 14.5. The Morgan fingerprint density at radius 1 is 1.35 bits per heavy atom. The first-order valence-electron chi connectivity index (χ1n) is 6.30. The molecule has 0 unspecified atom stereocenters. The van der Waals surface area contributed by atoms with Crippen LogP contribution in [0.5, 0.6) is 0 Å². The Balaban J connectivity index is 1.78. The van der Waals surface area contributed by atoms with Crippen LogP contribution in [0.2, 0.25) is 0 Å². The summed E-state index contributed by atoms with van der Waals surface area (Å²) >= 11 is 0. The second-order valence-corrected chi connectivity index (χ2v) is 4.57. The van der Waals surface area contributed by atoms with Gasteiger partial charge in [0.25, 0.3) is 0 Å². The Morgan fingerprint density at radius 2 is 2.05 bits per heavy atom. The van der Waals surface area contributed by atoms with Gasteiger partial charge in [-0.15, -0.1) is 0 Å². The molecule has 0 fully saturated rings. The quantitative estimate of drug-likeness (QED) is 0.872. The molecule has 1 aromatic heterocycles. The van der Waals surface area contributed by atoms with E-state index in [4.69, 9.17) is 0 Å². The lowest BCUT2D eigenvalue weighted by atomic mass is 10.2. The number of amides is 1. The van der Waals surface area contributed by atoms with Gasteiger partial charge in [0.1, 0.15) is 5.82 Å². The first-order chi connectivity index (χ1) is 9.54. The largest absolute Gasteiger partial charge is 0.325 e. The molecular weight excluding hydrogens is 259 g/mol. The minimum absolute atomic E-state index is 0.168. The van der Waals surface area contributed by atoms with Gasteiger partial charge in [-0.1, -0.05) is 0 Å². The van der Waals surface area contributed by atoms with Crippen molar-refractivity contribution in [2.75, 3.05) is 11.9 Å². The van der Waals surface area contributed by atoms with Gasteiger partial charge < -0.3 is 10.6 Å². The van der Waals surface area contributed by atoms with Crippen LogP contribution in [0.4, 0.5) is 10.1 Å². The molecule has 1 heterocycles. The molecule has 0 aliphatic carbocycles. The Bertz CT molecular complexity index is 592. The minimum Gasteiger partial charge on any atom is -0.325 e. The first-order valence-corrected chi connectivity index (χ1v) is 6.30. The van der Waals surface area contributed by atoms with E-state index in [9.17, 15) is 9.18 Å². The van der Waals surface area contributed by atoms with Gasteiger partial charge in [-0.25, -0.2) is 4.39 Å². The van der Waals surface area contributed by atoms with Crippen LogP contribution < -0.4 is 10.6 Å². The van der Waals surface area contributed by atoms with Crippen molar-refractivity contribution >= 4 is 11.6 Å². The van der Waals surface area contributed by atoms with E-state index in [0.29, 0.717) is 12.2 Å². The van der Waals surface area contributed by atoms with E-state index < -0.39 is 0 Å². The van der Waals surface area contributed by atoms with E-state index in [1.54, 1.807) is 4.68 Å². The number of carbonyl (C=O) groups is 1. The summed E-state index contributed by atoms with van der Waals surface area (Å²) in [6, 6.07) is 5.67. The molecule has 0 aliphatic heterocycles. The number of aromatic nitrogens is 2. The number of anilines is 1. The number of nitrogens with zero attached hydrogens (tertiary/aromatic N) is 2.